The maximum Gasteiger partial charge on any atom is 0.309 e. The zero-order valence-corrected chi connectivity index (χ0v) is 36.0. The molecule has 0 aromatic carbocycles. The maximum atomic E-state index is 14.6. The molecule has 310 valence electrons. The fraction of sp³-hybridized carbons (Fsp3) is 0.894. The zero-order chi connectivity index (χ0) is 39.8. The van der Waals surface area contributed by atoms with Crippen LogP contribution in [0.5, 0.6) is 0 Å². The third kappa shape index (κ3) is 6.85. The number of nitrogens with zero attached hydrogens (tertiary/aromatic N) is 2. The largest absolute Gasteiger partial charge is 0.481 e. The normalized spacial score (nSPS) is 42.8. The molecule has 1 unspecified atom stereocenters. The molecule has 1 amide bonds. The van der Waals surface area contributed by atoms with Gasteiger partial charge in [-0.3, -0.25) is 19.3 Å². The predicted octanol–water partition coefficient (Wildman–Crippen LogP) is 9.16. The van der Waals surface area contributed by atoms with Crippen molar-refractivity contribution >= 4 is 17.8 Å². The highest BCUT2D eigenvalue weighted by atomic mass is 16.5. The summed E-state index contributed by atoms with van der Waals surface area (Å²) < 4.78 is 11.8. The Hall–Kier alpha value is -1.93. The van der Waals surface area contributed by atoms with E-state index in [0.29, 0.717) is 41.5 Å². The molecule has 0 spiro atoms. The van der Waals surface area contributed by atoms with Crippen molar-refractivity contribution in [3.63, 3.8) is 0 Å². The van der Waals surface area contributed by atoms with E-state index in [1.807, 2.05) is 0 Å². The number of allylic oxidation sites excluding steroid dienone is 1. The molecule has 0 radical (unpaired) electrons. The molecule has 8 nitrogen and oxygen atoms in total. The number of esters is 1. The van der Waals surface area contributed by atoms with Gasteiger partial charge in [0.05, 0.1) is 25.0 Å². The first-order chi connectivity index (χ1) is 25.8. The van der Waals surface area contributed by atoms with Crippen LogP contribution in [0.3, 0.4) is 0 Å². The quantitative estimate of drug-likeness (QED) is 0.175. The average molecular weight is 765 g/mol. The fourth-order valence-corrected chi connectivity index (χ4v) is 15.4. The van der Waals surface area contributed by atoms with Crippen molar-refractivity contribution in [1.29, 1.82) is 0 Å². The topological polar surface area (TPSA) is 96.4 Å². The van der Waals surface area contributed by atoms with E-state index < -0.39 is 11.4 Å². The number of ether oxygens (including phenoxy) is 2. The van der Waals surface area contributed by atoms with Gasteiger partial charge < -0.3 is 19.5 Å². The minimum atomic E-state index is -1.14. The first-order valence-corrected chi connectivity index (χ1v) is 22.5. The first-order valence-electron chi connectivity index (χ1n) is 22.5. The van der Waals surface area contributed by atoms with Gasteiger partial charge in [0.1, 0.15) is 6.10 Å². The van der Waals surface area contributed by atoms with Crippen molar-refractivity contribution < 1.29 is 29.0 Å². The van der Waals surface area contributed by atoms with Gasteiger partial charge in [0.25, 0.3) is 0 Å². The van der Waals surface area contributed by atoms with Crippen LogP contribution in [0, 0.1) is 62.1 Å². The minimum Gasteiger partial charge on any atom is -0.481 e. The van der Waals surface area contributed by atoms with Crippen molar-refractivity contribution in [3.05, 3.63) is 12.2 Å². The number of carbonyl (C=O) groups is 3. The summed E-state index contributed by atoms with van der Waals surface area (Å²) >= 11 is 0. The Morgan fingerprint density at radius 3 is 2.27 bits per heavy atom. The van der Waals surface area contributed by atoms with Crippen molar-refractivity contribution in [1.82, 2.24) is 9.80 Å². The highest BCUT2D eigenvalue weighted by Gasteiger charge is 2.71. The van der Waals surface area contributed by atoms with Crippen molar-refractivity contribution in [2.24, 2.45) is 62.1 Å². The molecule has 0 aromatic heterocycles. The molecular formula is C47H76N2O6. The van der Waals surface area contributed by atoms with Gasteiger partial charge in [-0.15, -0.1) is 0 Å². The van der Waals surface area contributed by atoms with Crippen molar-refractivity contribution in [2.75, 3.05) is 39.4 Å². The van der Waals surface area contributed by atoms with E-state index in [1.54, 1.807) is 13.8 Å². The molecule has 5 saturated carbocycles. The van der Waals surface area contributed by atoms with Gasteiger partial charge in [-0.25, -0.2) is 0 Å². The van der Waals surface area contributed by atoms with Crippen LogP contribution in [0.4, 0.5) is 0 Å². The Balaban J connectivity index is 1.09. The Morgan fingerprint density at radius 1 is 0.855 bits per heavy atom. The molecule has 2 aliphatic heterocycles. The Labute approximate surface area is 333 Å². The monoisotopic (exact) mass is 765 g/mol. The number of carboxylic acids is 1. The van der Waals surface area contributed by atoms with Gasteiger partial charge in [-0.2, -0.15) is 0 Å². The molecule has 0 bridgehead atoms. The second kappa shape index (κ2) is 14.7. The van der Waals surface area contributed by atoms with E-state index in [4.69, 9.17) is 9.47 Å². The SMILES string of the molecule is C=C(C)[C@@H]1CC[C@]2(CC(=O)N3CCC[C@H]3CCN3CCOCC3)CC[C@]3(C)[C@H](CC[C@@H]4[C@@]5(C)CCC(OC(=O)CC(C)(C)C(=O)O)C(C)(C)[C@@H]5CC[C@]43C)[C@@H]12. The second-order valence-corrected chi connectivity index (χ2v) is 22.1. The summed E-state index contributed by atoms with van der Waals surface area (Å²) in [6.07, 6.45) is 15.2. The molecular weight excluding hydrogens is 689 g/mol. The highest BCUT2D eigenvalue weighted by Crippen LogP contribution is 2.78. The van der Waals surface area contributed by atoms with Crippen LogP contribution in [0.2, 0.25) is 0 Å². The fourth-order valence-electron chi connectivity index (χ4n) is 15.4. The van der Waals surface area contributed by atoms with Crippen LogP contribution in [-0.4, -0.2) is 84.3 Å². The van der Waals surface area contributed by atoms with Gasteiger partial charge in [0.2, 0.25) is 5.91 Å². The van der Waals surface area contributed by atoms with Gasteiger partial charge in [-0.1, -0.05) is 46.8 Å². The number of likely N-dealkylation sites (tertiary alicyclic amines) is 1. The van der Waals surface area contributed by atoms with E-state index >= 15 is 0 Å². The number of hydrogen-bond donors (Lipinski definition) is 1. The van der Waals surface area contributed by atoms with Crippen LogP contribution < -0.4 is 0 Å². The lowest BCUT2D eigenvalue weighted by Crippen LogP contribution is -2.67. The molecule has 5 aliphatic carbocycles. The smallest absolute Gasteiger partial charge is 0.309 e. The Morgan fingerprint density at radius 2 is 1.58 bits per heavy atom. The van der Waals surface area contributed by atoms with E-state index in [2.05, 4.69) is 57.9 Å². The van der Waals surface area contributed by atoms with E-state index in [-0.39, 0.29) is 45.6 Å². The number of carboxylic acid groups (broad SMARTS) is 1. The number of morpholine rings is 1. The van der Waals surface area contributed by atoms with Crippen LogP contribution >= 0.6 is 0 Å². The molecule has 7 fully saturated rings. The molecule has 11 atom stereocenters. The molecule has 7 rings (SSSR count). The summed E-state index contributed by atoms with van der Waals surface area (Å²) in [6.45, 7) is 28.3. The molecule has 8 heteroatoms. The molecule has 55 heavy (non-hydrogen) atoms. The summed E-state index contributed by atoms with van der Waals surface area (Å²) in [4.78, 5) is 44.4. The molecule has 0 aromatic rings. The van der Waals surface area contributed by atoms with E-state index in [9.17, 15) is 19.5 Å². The highest BCUT2D eigenvalue weighted by molar-refractivity contribution is 5.81. The lowest BCUT2D eigenvalue weighted by atomic mass is 9.32. The third-order valence-corrected chi connectivity index (χ3v) is 18.7. The summed E-state index contributed by atoms with van der Waals surface area (Å²) in [6, 6.07) is 0.377. The van der Waals surface area contributed by atoms with Crippen LogP contribution in [-0.2, 0) is 23.9 Å². The van der Waals surface area contributed by atoms with Crippen LogP contribution in [0.1, 0.15) is 152 Å². The summed E-state index contributed by atoms with van der Waals surface area (Å²) in [7, 11) is 0. The second-order valence-electron chi connectivity index (χ2n) is 22.1. The zero-order valence-electron chi connectivity index (χ0n) is 36.0. The molecule has 1 N–H and O–H groups in total. The lowest BCUT2D eigenvalue weighted by molar-refractivity contribution is -0.250. The first kappa shape index (κ1) is 41.2. The van der Waals surface area contributed by atoms with Gasteiger partial charge in [0.15, 0.2) is 0 Å². The predicted molar refractivity (Wildman–Crippen MR) is 216 cm³/mol. The van der Waals surface area contributed by atoms with Gasteiger partial charge >= 0.3 is 11.9 Å². The van der Waals surface area contributed by atoms with Crippen molar-refractivity contribution in [2.45, 2.75) is 164 Å². The number of hydrogen-bond acceptors (Lipinski definition) is 6. The van der Waals surface area contributed by atoms with E-state index in [0.717, 1.165) is 97.2 Å². The minimum absolute atomic E-state index is 0.0751. The van der Waals surface area contributed by atoms with Crippen LogP contribution in [0.25, 0.3) is 0 Å². The molecule has 2 saturated heterocycles. The van der Waals surface area contributed by atoms with E-state index in [1.165, 1.54) is 37.7 Å². The number of amides is 1. The number of carbonyl (C=O) groups excluding carboxylic acids is 2. The Bertz CT molecular complexity index is 1500. The molecule has 7 aliphatic rings. The van der Waals surface area contributed by atoms with Crippen molar-refractivity contribution in [3.8, 4) is 0 Å². The maximum absolute atomic E-state index is 14.6. The third-order valence-electron chi connectivity index (χ3n) is 18.7. The van der Waals surface area contributed by atoms with Crippen LogP contribution in [0.15, 0.2) is 12.2 Å². The average Bonchev–Trinajstić information content (AvgIpc) is 3.75. The van der Waals surface area contributed by atoms with Gasteiger partial charge in [0, 0.05) is 44.1 Å². The Kier molecular flexibility index (Phi) is 11.0. The number of rotatable bonds is 10. The molecule has 2 heterocycles. The summed E-state index contributed by atoms with van der Waals surface area (Å²) in [5.74, 6) is 1.72. The van der Waals surface area contributed by atoms with Gasteiger partial charge in [-0.05, 0) is 155 Å². The number of fused-ring (bicyclic) bond motifs is 7. The standard InChI is InChI=1S/C47H76N2O6/c1-31(2)33-14-20-47(29-38(50)49-23-10-11-32(49)17-24-48-25-27-54-28-26-48)22-21-45(8)34(40(33)47)12-13-36-44(7)18-16-37(55-39(51)30-42(3,4)41(52)53)43(5,6)35(44)15-19-46(36,45)9/h32-37,40H,1,10-30H2,2-9H3,(H,52,53)/t32-,33-,34+,35-,36+,37?,40+,44-,45+,46+,47+/m0/s1. The lowest BCUT2D eigenvalue weighted by Gasteiger charge is -2.73. The summed E-state index contributed by atoms with van der Waals surface area (Å²) in [5.41, 5.74) is 0.617. The number of aliphatic carboxylic acids is 1. The summed E-state index contributed by atoms with van der Waals surface area (Å²) in [5, 5.41) is 9.65.